The van der Waals surface area contributed by atoms with Crippen molar-refractivity contribution in [2.24, 2.45) is 0 Å². The molecule has 0 fully saturated rings. The van der Waals surface area contributed by atoms with Crippen LogP contribution in [0.25, 0.3) is 94.7 Å². The SMILES string of the molecule is c1ccc(-c2ccc(-c3ccc(-c4nc(-c5ccccc5)nc(-n5c6ccccc6c6c7oc8ccccc8c7ccc65)n4)cc3)cc2)cc1. The van der Waals surface area contributed by atoms with Crippen molar-refractivity contribution in [2.45, 2.75) is 0 Å². The molecule has 3 heterocycles. The molecule has 0 aliphatic heterocycles. The van der Waals surface area contributed by atoms with Crippen molar-refractivity contribution < 1.29 is 4.42 Å². The molecule has 5 nitrogen and oxygen atoms in total. The Hall–Kier alpha value is -6.85. The van der Waals surface area contributed by atoms with Gasteiger partial charge in [0.05, 0.1) is 16.4 Å². The summed E-state index contributed by atoms with van der Waals surface area (Å²) in [5, 5.41) is 4.32. The molecule has 0 amide bonds. The van der Waals surface area contributed by atoms with Crippen molar-refractivity contribution in [3.63, 3.8) is 0 Å². The van der Waals surface area contributed by atoms with Crippen LogP contribution in [0.2, 0.25) is 0 Å². The number of furan rings is 1. The molecule has 10 aromatic rings. The fourth-order valence-corrected chi connectivity index (χ4v) is 7.06. The van der Waals surface area contributed by atoms with Gasteiger partial charge < -0.3 is 4.42 Å². The second-order valence-corrected chi connectivity index (χ2v) is 12.5. The summed E-state index contributed by atoms with van der Waals surface area (Å²) in [7, 11) is 0. The number of nitrogens with zero attached hydrogens (tertiary/aromatic N) is 4. The Morgan fingerprint density at radius 2 is 0.860 bits per heavy atom. The van der Waals surface area contributed by atoms with Crippen LogP contribution in [0.3, 0.4) is 0 Å². The Bertz CT molecular complexity index is 2840. The summed E-state index contributed by atoms with van der Waals surface area (Å²) in [5.74, 6) is 1.77. The molecule has 3 aromatic heterocycles. The lowest BCUT2D eigenvalue weighted by Gasteiger charge is -2.11. The number of rotatable bonds is 5. The van der Waals surface area contributed by atoms with Crippen molar-refractivity contribution in [1.29, 1.82) is 0 Å². The van der Waals surface area contributed by atoms with Crippen LogP contribution >= 0.6 is 0 Å². The molecule has 0 unspecified atom stereocenters. The second kappa shape index (κ2) is 11.4. The van der Waals surface area contributed by atoms with E-state index in [4.69, 9.17) is 19.4 Å². The van der Waals surface area contributed by atoms with Gasteiger partial charge in [-0.2, -0.15) is 9.97 Å². The number of para-hydroxylation sites is 2. The number of benzene rings is 7. The third-order valence-corrected chi connectivity index (χ3v) is 9.50. The van der Waals surface area contributed by atoms with Crippen molar-refractivity contribution >= 4 is 43.7 Å². The fraction of sp³-hybridized carbons (Fsp3) is 0. The summed E-state index contributed by atoms with van der Waals surface area (Å²) in [6.07, 6.45) is 0. The molecule has 0 bridgehead atoms. The molecule has 5 heteroatoms. The van der Waals surface area contributed by atoms with Gasteiger partial charge in [-0.25, -0.2) is 4.98 Å². The molecule has 0 radical (unpaired) electrons. The van der Waals surface area contributed by atoms with Crippen molar-refractivity contribution in [2.75, 3.05) is 0 Å². The molecule has 0 atom stereocenters. The number of fused-ring (bicyclic) bond motifs is 7. The van der Waals surface area contributed by atoms with Crippen LogP contribution in [0.15, 0.2) is 174 Å². The maximum atomic E-state index is 6.52. The highest BCUT2D eigenvalue weighted by molar-refractivity contribution is 6.23. The van der Waals surface area contributed by atoms with E-state index in [1.807, 2.05) is 48.5 Å². The van der Waals surface area contributed by atoms with Crippen LogP contribution in [-0.4, -0.2) is 19.5 Å². The zero-order valence-corrected chi connectivity index (χ0v) is 26.9. The number of aromatic nitrogens is 4. The largest absolute Gasteiger partial charge is 0.455 e. The second-order valence-electron chi connectivity index (χ2n) is 12.5. The highest BCUT2D eigenvalue weighted by atomic mass is 16.3. The summed E-state index contributed by atoms with van der Waals surface area (Å²) in [5.41, 5.74) is 10.2. The molecule has 0 spiro atoms. The van der Waals surface area contributed by atoms with Gasteiger partial charge in [0.25, 0.3) is 0 Å². The first-order valence-electron chi connectivity index (χ1n) is 16.7. The molecule has 0 saturated heterocycles. The van der Waals surface area contributed by atoms with Crippen LogP contribution in [0, 0.1) is 0 Å². The van der Waals surface area contributed by atoms with E-state index in [9.17, 15) is 0 Å². The van der Waals surface area contributed by atoms with Crippen LogP contribution in [0.1, 0.15) is 0 Å². The lowest BCUT2D eigenvalue weighted by molar-refractivity contribution is 0.673. The van der Waals surface area contributed by atoms with Crippen LogP contribution in [-0.2, 0) is 0 Å². The summed E-state index contributed by atoms with van der Waals surface area (Å²) in [6.45, 7) is 0. The molecular formula is C45H28N4O. The summed E-state index contributed by atoms with van der Waals surface area (Å²) in [6, 6.07) is 58.6. The maximum Gasteiger partial charge on any atom is 0.238 e. The summed E-state index contributed by atoms with van der Waals surface area (Å²) >= 11 is 0. The quantitative estimate of drug-likeness (QED) is 0.188. The van der Waals surface area contributed by atoms with E-state index >= 15 is 0 Å². The first-order chi connectivity index (χ1) is 24.8. The van der Waals surface area contributed by atoms with Crippen LogP contribution in [0.5, 0.6) is 0 Å². The van der Waals surface area contributed by atoms with Gasteiger partial charge in [0.15, 0.2) is 11.6 Å². The zero-order chi connectivity index (χ0) is 33.0. The van der Waals surface area contributed by atoms with Gasteiger partial charge in [-0.1, -0.05) is 146 Å². The minimum atomic E-state index is 0.552. The first-order valence-corrected chi connectivity index (χ1v) is 16.7. The van der Waals surface area contributed by atoms with Crippen LogP contribution < -0.4 is 0 Å². The Morgan fingerprint density at radius 1 is 0.360 bits per heavy atom. The van der Waals surface area contributed by atoms with Crippen molar-refractivity contribution in [1.82, 2.24) is 19.5 Å². The first kappa shape index (κ1) is 28.2. The standard InChI is InChI=1S/C45H28N4O/c1-3-11-29(12-4-1)30-19-21-31(22-20-30)32-23-25-34(26-24-32)44-46-43(33-13-5-2-6-14-33)47-45(48-44)49-38-17-9-7-16-37(38)41-39(49)28-27-36-35-15-8-10-18-40(35)50-42(36)41/h1-28H. The predicted octanol–water partition coefficient (Wildman–Crippen LogP) is 11.5. The molecule has 0 aliphatic carbocycles. The van der Waals surface area contributed by atoms with E-state index in [-0.39, 0.29) is 0 Å². The fourth-order valence-electron chi connectivity index (χ4n) is 7.06. The summed E-state index contributed by atoms with van der Waals surface area (Å²) < 4.78 is 8.66. The monoisotopic (exact) mass is 640 g/mol. The molecule has 10 rings (SSSR count). The topological polar surface area (TPSA) is 56.7 Å². The van der Waals surface area contributed by atoms with E-state index in [1.165, 1.54) is 11.1 Å². The van der Waals surface area contributed by atoms with Gasteiger partial charge in [-0.05, 0) is 46.5 Å². The zero-order valence-electron chi connectivity index (χ0n) is 26.9. The normalized spacial score (nSPS) is 11.6. The van der Waals surface area contributed by atoms with Gasteiger partial charge in [-0.15, -0.1) is 0 Å². The van der Waals surface area contributed by atoms with E-state index in [0.717, 1.165) is 66.0 Å². The smallest absolute Gasteiger partial charge is 0.238 e. The molecule has 0 N–H and O–H groups in total. The Morgan fingerprint density at radius 3 is 1.52 bits per heavy atom. The molecular weight excluding hydrogens is 613 g/mol. The number of hydrogen-bond donors (Lipinski definition) is 0. The highest BCUT2D eigenvalue weighted by Crippen LogP contribution is 2.40. The lowest BCUT2D eigenvalue weighted by Crippen LogP contribution is -2.06. The lowest BCUT2D eigenvalue weighted by atomic mass is 9.99. The third kappa shape index (κ3) is 4.60. The van der Waals surface area contributed by atoms with Gasteiger partial charge in [0.1, 0.15) is 11.2 Å². The van der Waals surface area contributed by atoms with Crippen molar-refractivity contribution in [3.05, 3.63) is 170 Å². The molecule has 7 aromatic carbocycles. The predicted molar refractivity (Wildman–Crippen MR) is 203 cm³/mol. The molecule has 234 valence electrons. The van der Waals surface area contributed by atoms with Gasteiger partial charge >= 0.3 is 0 Å². The Labute approximate surface area is 287 Å². The highest BCUT2D eigenvalue weighted by Gasteiger charge is 2.21. The van der Waals surface area contributed by atoms with E-state index in [2.05, 4.69) is 126 Å². The average molecular weight is 641 g/mol. The minimum Gasteiger partial charge on any atom is -0.455 e. The number of hydrogen-bond acceptors (Lipinski definition) is 4. The third-order valence-electron chi connectivity index (χ3n) is 9.50. The van der Waals surface area contributed by atoms with E-state index in [0.29, 0.717) is 17.6 Å². The van der Waals surface area contributed by atoms with E-state index < -0.39 is 0 Å². The maximum absolute atomic E-state index is 6.52. The Kier molecular flexibility index (Phi) is 6.42. The summed E-state index contributed by atoms with van der Waals surface area (Å²) in [4.78, 5) is 15.3. The average Bonchev–Trinajstić information content (AvgIpc) is 3.74. The molecule has 0 saturated carbocycles. The van der Waals surface area contributed by atoms with E-state index in [1.54, 1.807) is 0 Å². The van der Waals surface area contributed by atoms with Gasteiger partial charge in [0, 0.05) is 27.3 Å². The molecule has 0 aliphatic rings. The Balaban J connectivity index is 1.13. The van der Waals surface area contributed by atoms with Gasteiger partial charge in [-0.3, -0.25) is 4.57 Å². The van der Waals surface area contributed by atoms with Crippen molar-refractivity contribution in [3.8, 4) is 51.0 Å². The minimum absolute atomic E-state index is 0.552. The molecule has 50 heavy (non-hydrogen) atoms. The van der Waals surface area contributed by atoms with Crippen LogP contribution in [0.4, 0.5) is 0 Å². The van der Waals surface area contributed by atoms with Gasteiger partial charge in [0.2, 0.25) is 5.95 Å².